The maximum absolute atomic E-state index is 3.61. The van der Waals surface area contributed by atoms with Crippen molar-refractivity contribution >= 4 is 0 Å². The minimum atomic E-state index is 0.669. The molecule has 1 atom stereocenters. The molecule has 1 unspecified atom stereocenters. The van der Waals surface area contributed by atoms with Crippen LogP contribution in [0.4, 0.5) is 0 Å². The first kappa shape index (κ1) is 8.48. The average molecular weight is 124 g/mol. The molecule has 0 aliphatic heterocycles. The van der Waals surface area contributed by atoms with Gasteiger partial charge in [0.25, 0.3) is 0 Å². The summed E-state index contributed by atoms with van der Waals surface area (Å²) in [5, 5.41) is 0. The molecule has 0 saturated carbocycles. The zero-order valence-electron chi connectivity index (χ0n) is 6.59. The Balaban J connectivity index is 3.61. The van der Waals surface area contributed by atoms with Gasteiger partial charge in [-0.15, -0.1) is 0 Å². The molecule has 0 saturated heterocycles. The average Bonchev–Trinajstić information content (AvgIpc) is 1.82. The quantitative estimate of drug-likeness (QED) is 0.507. The standard InChI is InChI=1S/C9H16/c1-5-6-7-9(4)8(2)3/h5-9H,1H2,2-4H3. The van der Waals surface area contributed by atoms with Gasteiger partial charge >= 0.3 is 0 Å². The Hall–Kier alpha value is -0.520. The summed E-state index contributed by atoms with van der Waals surface area (Å²) in [5.41, 5.74) is 0. The molecule has 0 bridgehead atoms. The van der Waals surface area contributed by atoms with Gasteiger partial charge < -0.3 is 0 Å². The Morgan fingerprint density at radius 1 is 1.22 bits per heavy atom. The number of hydrogen-bond donors (Lipinski definition) is 0. The predicted octanol–water partition coefficient (Wildman–Crippen LogP) is 3.02. The van der Waals surface area contributed by atoms with E-state index in [2.05, 4.69) is 33.4 Å². The van der Waals surface area contributed by atoms with E-state index >= 15 is 0 Å². The smallest absolute Gasteiger partial charge is 0.0236 e. The molecule has 0 heterocycles. The molecule has 0 radical (unpaired) electrons. The highest BCUT2D eigenvalue weighted by Gasteiger charge is 1.99. The molecular weight excluding hydrogens is 108 g/mol. The molecule has 0 aliphatic carbocycles. The second kappa shape index (κ2) is 4.37. The summed E-state index contributed by atoms with van der Waals surface area (Å²) in [6, 6.07) is 0. The van der Waals surface area contributed by atoms with Crippen LogP contribution in [0.3, 0.4) is 0 Å². The first-order chi connectivity index (χ1) is 4.18. The van der Waals surface area contributed by atoms with Gasteiger partial charge in [0.2, 0.25) is 0 Å². The van der Waals surface area contributed by atoms with Crippen molar-refractivity contribution in [3.63, 3.8) is 0 Å². The van der Waals surface area contributed by atoms with Crippen LogP contribution >= 0.6 is 0 Å². The summed E-state index contributed by atoms with van der Waals surface area (Å²) >= 11 is 0. The van der Waals surface area contributed by atoms with Crippen LogP contribution in [0, 0.1) is 11.8 Å². The van der Waals surface area contributed by atoms with E-state index in [1.165, 1.54) is 0 Å². The molecule has 0 nitrogen and oxygen atoms in total. The van der Waals surface area contributed by atoms with E-state index in [4.69, 9.17) is 0 Å². The highest BCUT2D eigenvalue weighted by atomic mass is 14.0. The van der Waals surface area contributed by atoms with Crippen LogP contribution in [0.15, 0.2) is 24.8 Å². The zero-order valence-corrected chi connectivity index (χ0v) is 6.59. The summed E-state index contributed by atoms with van der Waals surface area (Å²) in [6.45, 7) is 10.3. The molecule has 52 valence electrons. The monoisotopic (exact) mass is 124 g/mol. The van der Waals surface area contributed by atoms with E-state index in [1.54, 1.807) is 0 Å². The van der Waals surface area contributed by atoms with Crippen molar-refractivity contribution in [3.8, 4) is 0 Å². The summed E-state index contributed by atoms with van der Waals surface area (Å²) in [5.74, 6) is 1.41. The molecule has 9 heavy (non-hydrogen) atoms. The highest BCUT2D eigenvalue weighted by Crippen LogP contribution is 2.10. The molecule has 0 aromatic carbocycles. The fourth-order valence-corrected chi connectivity index (χ4v) is 0.476. The van der Waals surface area contributed by atoms with E-state index in [0.29, 0.717) is 5.92 Å². The second-order valence-corrected chi connectivity index (χ2v) is 2.72. The summed E-state index contributed by atoms with van der Waals surface area (Å²) < 4.78 is 0. The number of allylic oxidation sites excluding steroid dienone is 3. The molecule has 0 spiro atoms. The van der Waals surface area contributed by atoms with Crippen molar-refractivity contribution in [2.24, 2.45) is 11.8 Å². The normalized spacial score (nSPS) is 14.7. The van der Waals surface area contributed by atoms with E-state index in [9.17, 15) is 0 Å². The lowest BCUT2D eigenvalue weighted by Gasteiger charge is -2.08. The molecule has 0 fully saturated rings. The minimum absolute atomic E-state index is 0.669. The maximum Gasteiger partial charge on any atom is -0.0236 e. The predicted molar refractivity (Wildman–Crippen MR) is 43.3 cm³/mol. The van der Waals surface area contributed by atoms with E-state index in [0.717, 1.165) is 5.92 Å². The Labute approximate surface area is 58.3 Å². The minimum Gasteiger partial charge on any atom is -0.0991 e. The third-order valence-corrected chi connectivity index (χ3v) is 1.60. The van der Waals surface area contributed by atoms with Crippen molar-refractivity contribution in [1.82, 2.24) is 0 Å². The Kier molecular flexibility index (Phi) is 4.12. The van der Waals surface area contributed by atoms with Crippen LogP contribution < -0.4 is 0 Å². The van der Waals surface area contributed by atoms with E-state index in [1.807, 2.05) is 12.2 Å². The van der Waals surface area contributed by atoms with Gasteiger partial charge in [0.05, 0.1) is 0 Å². The van der Waals surface area contributed by atoms with Crippen LogP contribution in [0.2, 0.25) is 0 Å². The second-order valence-electron chi connectivity index (χ2n) is 2.72. The van der Waals surface area contributed by atoms with Crippen LogP contribution in [-0.4, -0.2) is 0 Å². The maximum atomic E-state index is 3.61. The van der Waals surface area contributed by atoms with Crippen molar-refractivity contribution in [1.29, 1.82) is 0 Å². The first-order valence-corrected chi connectivity index (χ1v) is 3.47. The lowest BCUT2D eigenvalue weighted by atomic mass is 9.98. The fourth-order valence-electron chi connectivity index (χ4n) is 0.476. The van der Waals surface area contributed by atoms with Crippen molar-refractivity contribution < 1.29 is 0 Å². The fraction of sp³-hybridized carbons (Fsp3) is 0.556. The molecule has 0 heteroatoms. The molecule has 0 aromatic rings. The van der Waals surface area contributed by atoms with Crippen LogP contribution in [0.25, 0.3) is 0 Å². The van der Waals surface area contributed by atoms with Gasteiger partial charge in [0.15, 0.2) is 0 Å². The first-order valence-electron chi connectivity index (χ1n) is 3.47. The molecule has 0 rings (SSSR count). The Bertz CT molecular complexity index is 98.6. The molecule has 0 aromatic heterocycles. The number of hydrogen-bond acceptors (Lipinski definition) is 0. The Morgan fingerprint density at radius 3 is 2.11 bits per heavy atom. The van der Waals surface area contributed by atoms with Gasteiger partial charge in [-0.2, -0.15) is 0 Å². The summed E-state index contributed by atoms with van der Waals surface area (Å²) in [6.07, 6.45) is 6.00. The molecule has 0 aliphatic rings. The van der Waals surface area contributed by atoms with Crippen molar-refractivity contribution in [2.45, 2.75) is 20.8 Å². The van der Waals surface area contributed by atoms with Gasteiger partial charge in [-0.3, -0.25) is 0 Å². The number of rotatable bonds is 3. The van der Waals surface area contributed by atoms with Crippen molar-refractivity contribution in [2.75, 3.05) is 0 Å². The van der Waals surface area contributed by atoms with Gasteiger partial charge in [0, 0.05) is 0 Å². The third kappa shape index (κ3) is 4.01. The SMILES string of the molecule is C=CC=CC(C)C(C)C. The van der Waals surface area contributed by atoms with Gasteiger partial charge in [0.1, 0.15) is 0 Å². The van der Waals surface area contributed by atoms with Crippen LogP contribution in [0.1, 0.15) is 20.8 Å². The van der Waals surface area contributed by atoms with Gasteiger partial charge in [-0.1, -0.05) is 45.6 Å². The van der Waals surface area contributed by atoms with Crippen molar-refractivity contribution in [3.05, 3.63) is 24.8 Å². The van der Waals surface area contributed by atoms with Gasteiger partial charge in [-0.05, 0) is 11.8 Å². The largest absolute Gasteiger partial charge is 0.0991 e. The Morgan fingerprint density at radius 2 is 1.78 bits per heavy atom. The van der Waals surface area contributed by atoms with Gasteiger partial charge in [-0.25, -0.2) is 0 Å². The lowest BCUT2D eigenvalue weighted by molar-refractivity contribution is 0.504. The van der Waals surface area contributed by atoms with Crippen LogP contribution in [0.5, 0.6) is 0 Å². The highest BCUT2D eigenvalue weighted by molar-refractivity contribution is 4.99. The zero-order chi connectivity index (χ0) is 7.28. The molecule has 0 N–H and O–H groups in total. The third-order valence-electron chi connectivity index (χ3n) is 1.60. The van der Waals surface area contributed by atoms with E-state index < -0.39 is 0 Å². The summed E-state index contributed by atoms with van der Waals surface area (Å²) in [4.78, 5) is 0. The topological polar surface area (TPSA) is 0 Å². The van der Waals surface area contributed by atoms with E-state index in [-0.39, 0.29) is 0 Å². The molecular formula is C9H16. The molecule has 0 amide bonds. The lowest BCUT2D eigenvalue weighted by Crippen LogP contribution is -1.98. The van der Waals surface area contributed by atoms with Crippen LogP contribution in [-0.2, 0) is 0 Å². The summed E-state index contributed by atoms with van der Waals surface area (Å²) in [7, 11) is 0.